The Labute approximate surface area is 129 Å². The van der Waals surface area contributed by atoms with Crippen LogP contribution in [0.1, 0.15) is 29.9 Å². The number of aliphatic hydroxyl groups excluding tert-OH is 1. The zero-order chi connectivity index (χ0) is 15.4. The van der Waals surface area contributed by atoms with Gasteiger partial charge in [-0.2, -0.15) is 0 Å². The highest BCUT2D eigenvalue weighted by Gasteiger charge is 2.33. The molecule has 2 unspecified atom stereocenters. The summed E-state index contributed by atoms with van der Waals surface area (Å²) in [5.74, 6) is -0.0647. The summed E-state index contributed by atoms with van der Waals surface area (Å²) in [6.45, 7) is 5.20. The molecule has 1 aromatic rings. The second kappa shape index (κ2) is 7.04. The Kier molecular flexibility index (Phi) is 5.36. The molecule has 21 heavy (non-hydrogen) atoms. The molecule has 1 saturated heterocycles. The van der Waals surface area contributed by atoms with Crippen LogP contribution in [-0.2, 0) is 4.79 Å². The fourth-order valence-corrected chi connectivity index (χ4v) is 3.14. The minimum atomic E-state index is -0.517. The number of hydrogen-bond donors (Lipinski definition) is 2. The van der Waals surface area contributed by atoms with Crippen LogP contribution in [0.5, 0.6) is 0 Å². The lowest BCUT2D eigenvalue weighted by atomic mass is 10.0. The maximum Gasteiger partial charge on any atom is 0.262 e. The minimum Gasteiger partial charge on any atom is -0.396 e. The van der Waals surface area contributed by atoms with Crippen LogP contribution in [0.15, 0.2) is 17.5 Å². The van der Waals surface area contributed by atoms with Crippen LogP contribution in [0.25, 0.3) is 0 Å². The zero-order valence-corrected chi connectivity index (χ0v) is 13.2. The molecule has 0 spiro atoms. The fraction of sp³-hybridized carbons (Fsp3) is 0.600. The summed E-state index contributed by atoms with van der Waals surface area (Å²) in [5.41, 5.74) is 0. The average Bonchev–Trinajstić information content (AvgIpc) is 3.13. The molecular weight excluding hydrogens is 288 g/mol. The van der Waals surface area contributed by atoms with E-state index in [0.717, 1.165) is 6.42 Å². The van der Waals surface area contributed by atoms with Crippen molar-refractivity contribution in [1.29, 1.82) is 0 Å². The lowest BCUT2D eigenvalue weighted by molar-refractivity contribution is -0.133. The van der Waals surface area contributed by atoms with Crippen LogP contribution >= 0.6 is 11.3 Å². The smallest absolute Gasteiger partial charge is 0.262 e. The van der Waals surface area contributed by atoms with Gasteiger partial charge in [0.2, 0.25) is 5.91 Å². The van der Waals surface area contributed by atoms with Crippen molar-refractivity contribution < 1.29 is 14.7 Å². The second-order valence-corrected chi connectivity index (χ2v) is 6.74. The number of nitrogens with one attached hydrogen (secondary N) is 1. The quantitative estimate of drug-likeness (QED) is 0.862. The highest BCUT2D eigenvalue weighted by molar-refractivity contribution is 7.12. The van der Waals surface area contributed by atoms with Gasteiger partial charge in [-0.05, 0) is 23.8 Å². The van der Waals surface area contributed by atoms with Crippen LogP contribution in [0.4, 0.5) is 0 Å². The third-order valence-electron chi connectivity index (χ3n) is 3.82. The van der Waals surface area contributed by atoms with E-state index in [1.165, 1.54) is 11.3 Å². The first-order chi connectivity index (χ1) is 10.0. The molecule has 116 valence electrons. The largest absolute Gasteiger partial charge is 0.396 e. The summed E-state index contributed by atoms with van der Waals surface area (Å²) in [5, 5.41) is 13.9. The van der Waals surface area contributed by atoms with Gasteiger partial charge in [-0.1, -0.05) is 19.9 Å². The number of aliphatic hydroxyl groups is 1. The van der Waals surface area contributed by atoms with Crippen molar-refractivity contribution in [2.45, 2.75) is 26.3 Å². The van der Waals surface area contributed by atoms with Gasteiger partial charge in [0.25, 0.3) is 5.91 Å². The number of amides is 2. The maximum atomic E-state index is 12.6. The van der Waals surface area contributed by atoms with Crippen LogP contribution in [-0.4, -0.2) is 47.6 Å². The van der Waals surface area contributed by atoms with Gasteiger partial charge in [-0.15, -0.1) is 11.3 Å². The molecule has 1 aliphatic rings. The van der Waals surface area contributed by atoms with E-state index in [2.05, 4.69) is 5.32 Å². The number of hydrogen-bond acceptors (Lipinski definition) is 4. The van der Waals surface area contributed by atoms with E-state index >= 15 is 0 Å². The third-order valence-corrected chi connectivity index (χ3v) is 4.69. The van der Waals surface area contributed by atoms with Crippen molar-refractivity contribution in [2.24, 2.45) is 11.8 Å². The fourth-order valence-electron chi connectivity index (χ4n) is 2.51. The molecule has 2 atom stereocenters. The summed E-state index contributed by atoms with van der Waals surface area (Å²) < 4.78 is 0. The highest BCUT2D eigenvalue weighted by atomic mass is 32.1. The Morgan fingerprint density at radius 1 is 1.52 bits per heavy atom. The Morgan fingerprint density at radius 3 is 2.81 bits per heavy atom. The molecule has 0 aromatic carbocycles. The molecule has 1 aromatic heterocycles. The van der Waals surface area contributed by atoms with Crippen molar-refractivity contribution in [3.8, 4) is 0 Å². The van der Waals surface area contributed by atoms with E-state index in [1.54, 1.807) is 11.0 Å². The Hall–Kier alpha value is -1.40. The first kappa shape index (κ1) is 16.0. The van der Waals surface area contributed by atoms with Gasteiger partial charge in [-0.3, -0.25) is 9.59 Å². The normalized spacial score (nSPS) is 19.8. The molecule has 2 heterocycles. The van der Waals surface area contributed by atoms with E-state index in [0.29, 0.717) is 18.0 Å². The minimum absolute atomic E-state index is 0.0228. The first-order valence-corrected chi connectivity index (χ1v) is 8.15. The molecular formula is C15H22N2O3S. The second-order valence-electron chi connectivity index (χ2n) is 5.79. The molecule has 6 heteroatoms. The Morgan fingerprint density at radius 2 is 2.29 bits per heavy atom. The number of likely N-dealkylation sites (tertiary alicyclic amines) is 1. The van der Waals surface area contributed by atoms with Crippen LogP contribution in [0.2, 0.25) is 0 Å². The van der Waals surface area contributed by atoms with E-state index in [-0.39, 0.29) is 30.3 Å². The maximum absolute atomic E-state index is 12.6. The number of carbonyl (C=O) groups is 2. The third kappa shape index (κ3) is 3.83. The highest BCUT2D eigenvalue weighted by Crippen LogP contribution is 2.19. The van der Waals surface area contributed by atoms with E-state index in [9.17, 15) is 14.7 Å². The average molecular weight is 310 g/mol. The molecule has 2 rings (SSSR count). The number of carbonyl (C=O) groups excluding carboxylic acids is 2. The van der Waals surface area contributed by atoms with Gasteiger partial charge in [0, 0.05) is 25.6 Å². The molecule has 0 bridgehead atoms. The van der Waals surface area contributed by atoms with E-state index in [1.807, 2.05) is 25.3 Å². The first-order valence-electron chi connectivity index (χ1n) is 7.27. The van der Waals surface area contributed by atoms with Crippen LogP contribution < -0.4 is 5.32 Å². The molecule has 0 radical (unpaired) electrons. The van der Waals surface area contributed by atoms with Crippen molar-refractivity contribution >= 4 is 23.2 Å². The Balaban J connectivity index is 2.02. The summed E-state index contributed by atoms with van der Waals surface area (Å²) in [4.78, 5) is 27.1. The van der Waals surface area contributed by atoms with E-state index in [4.69, 9.17) is 0 Å². The lowest BCUT2D eigenvalue weighted by Crippen LogP contribution is -2.50. The predicted octanol–water partition coefficient (Wildman–Crippen LogP) is 1.34. The lowest BCUT2D eigenvalue weighted by Gasteiger charge is -2.26. The SMILES string of the molecule is CC(C)C(NC(=O)c1cccs1)C(=O)N1CCC(CO)C1. The topological polar surface area (TPSA) is 69.6 Å². The molecule has 5 nitrogen and oxygen atoms in total. The summed E-state index contributed by atoms with van der Waals surface area (Å²) >= 11 is 1.36. The van der Waals surface area contributed by atoms with Gasteiger partial charge < -0.3 is 15.3 Å². The van der Waals surface area contributed by atoms with Crippen LogP contribution in [0.3, 0.4) is 0 Å². The van der Waals surface area contributed by atoms with Gasteiger partial charge >= 0.3 is 0 Å². The molecule has 1 aliphatic heterocycles. The van der Waals surface area contributed by atoms with Crippen molar-refractivity contribution in [1.82, 2.24) is 10.2 Å². The molecule has 2 N–H and O–H groups in total. The monoisotopic (exact) mass is 310 g/mol. The zero-order valence-electron chi connectivity index (χ0n) is 12.4. The van der Waals surface area contributed by atoms with Gasteiger partial charge in [0.05, 0.1) is 4.88 Å². The summed E-state index contributed by atoms with van der Waals surface area (Å²) in [7, 11) is 0. The van der Waals surface area contributed by atoms with Crippen molar-refractivity contribution in [2.75, 3.05) is 19.7 Å². The molecule has 0 saturated carbocycles. The summed E-state index contributed by atoms with van der Waals surface area (Å²) in [6.07, 6.45) is 0.825. The Bertz CT molecular complexity index is 487. The number of thiophene rings is 1. The van der Waals surface area contributed by atoms with Crippen molar-refractivity contribution in [3.63, 3.8) is 0 Å². The number of nitrogens with zero attached hydrogens (tertiary/aromatic N) is 1. The van der Waals surface area contributed by atoms with Gasteiger partial charge in [0.1, 0.15) is 6.04 Å². The number of rotatable bonds is 5. The van der Waals surface area contributed by atoms with Gasteiger partial charge in [-0.25, -0.2) is 0 Å². The summed E-state index contributed by atoms with van der Waals surface area (Å²) in [6, 6.07) is 3.05. The van der Waals surface area contributed by atoms with Crippen LogP contribution in [0, 0.1) is 11.8 Å². The molecule has 1 fully saturated rings. The molecule has 2 amide bonds. The van der Waals surface area contributed by atoms with Gasteiger partial charge in [0.15, 0.2) is 0 Å². The standard InChI is InChI=1S/C15H22N2O3S/c1-10(2)13(16-14(19)12-4-3-7-21-12)15(20)17-6-5-11(8-17)9-18/h3-4,7,10-11,13,18H,5-6,8-9H2,1-2H3,(H,16,19). The van der Waals surface area contributed by atoms with Crippen molar-refractivity contribution in [3.05, 3.63) is 22.4 Å². The molecule has 0 aliphatic carbocycles. The predicted molar refractivity (Wildman–Crippen MR) is 82.2 cm³/mol. The van der Waals surface area contributed by atoms with E-state index < -0.39 is 6.04 Å².